The fourth-order valence-corrected chi connectivity index (χ4v) is 4.02. The Bertz CT molecular complexity index is 1130. The summed E-state index contributed by atoms with van der Waals surface area (Å²) >= 11 is 0. The lowest BCUT2D eigenvalue weighted by Crippen LogP contribution is -2.19. The number of aromatic nitrogens is 5. The molecule has 2 N–H and O–H groups in total. The molecule has 0 bridgehead atoms. The number of anilines is 1. The van der Waals surface area contributed by atoms with Crippen LogP contribution in [0.4, 0.5) is 14.6 Å². The molecule has 1 saturated carbocycles. The second kappa shape index (κ2) is 8.05. The first kappa shape index (κ1) is 20.9. The first-order chi connectivity index (χ1) is 14.8. The Hall–Kier alpha value is -3.37. The molecule has 3 aromatic heterocycles. The van der Waals surface area contributed by atoms with E-state index in [2.05, 4.69) is 15.2 Å². The second-order valence-corrected chi connectivity index (χ2v) is 7.95. The molecule has 3 aromatic rings. The minimum absolute atomic E-state index is 0.00211. The van der Waals surface area contributed by atoms with E-state index in [4.69, 9.17) is 5.73 Å². The Morgan fingerprint density at radius 3 is 2.55 bits per heavy atom. The van der Waals surface area contributed by atoms with Crippen LogP contribution in [0.5, 0.6) is 0 Å². The number of hydrogen-bond donors (Lipinski definition) is 1. The van der Waals surface area contributed by atoms with Crippen molar-refractivity contribution in [3.63, 3.8) is 0 Å². The van der Waals surface area contributed by atoms with Crippen LogP contribution in [-0.2, 0) is 4.79 Å². The van der Waals surface area contributed by atoms with Gasteiger partial charge in [-0.05, 0) is 31.7 Å². The molecule has 0 spiro atoms. The van der Waals surface area contributed by atoms with Crippen LogP contribution in [0.1, 0.15) is 54.2 Å². The highest BCUT2D eigenvalue weighted by Gasteiger charge is 2.30. The van der Waals surface area contributed by atoms with E-state index in [0.717, 1.165) is 6.29 Å². The van der Waals surface area contributed by atoms with Gasteiger partial charge in [-0.25, -0.2) is 18.3 Å². The standard InChI is InChI=1S/C20H23F2N7O2/c1-27(2)14-7-8-28-20(24-14)15(19(23)31)16(25-28)13-9-29(26-17(13)18(21)22)12-5-3-11(10-30)4-6-12/h7-12,18H,3-6H2,1-2H3,(H2,23,31). The highest BCUT2D eigenvalue weighted by molar-refractivity contribution is 6.05. The number of nitrogens with two attached hydrogens (primary N) is 1. The summed E-state index contributed by atoms with van der Waals surface area (Å²) in [6.07, 6.45) is 3.87. The Kier molecular flexibility index (Phi) is 5.42. The lowest BCUT2D eigenvalue weighted by Gasteiger charge is -2.25. The smallest absolute Gasteiger partial charge is 0.282 e. The first-order valence-corrected chi connectivity index (χ1v) is 9.99. The van der Waals surface area contributed by atoms with Gasteiger partial charge in [-0.2, -0.15) is 10.2 Å². The molecule has 0 atom stereocenters. The van der Waals surface area contributed by atoms with E-state index in [1.54, 1.807) is 31.3 Å². The third-order valence-corrected chi connectivity index (χ3v) is 5.71. The van der Waals surface area contributed by atoms with E-state index in [1.807, 2.05) is 0 Å². The van der Waals surface area contributed by atoms with Crippen LogP contribution in [0, 0.1) is 5.92 Å². The lowest BCUT2D eigenvalue weighted by molar-refractivity contribution is -0.112. The normalized spacial score (nSPS) is 19.1. The van der Waals surface area contributed by atoms with Crippen LogP contribution >= 0.6 is 0 Å². The third kappa shape index (κ3) is 3.75. The molecule has 31 heavy (non-hydrogen) atoms. The van der Waals surface area contributed by atoms with Crippen LogP contribution in [0.2, 0.25) is 0 Å². The molecule has 11 heteroatoms. The van der Waals surface area contributed by atoms with Crippen molar-refractivity contribution in [2.75, 3.05) is 19.0 Å². The SMILES string of the molecule is CN(C)c1ccn2nc(-c3cn(C4CCC(C=O)CC4)nc3C(F)F)c(C(N)=O)c2n1. The van der Waals surface area contributed by atoms with Gasteiger partial charge in [0.2, 0.25) is 0 Å². The Morgan fingerprint density at radius 1 is 1.26 bits per heavy atom. The molecule has 1 aliphatic rings. The van der Waals surface area contributed by atoms with E-state index >= 15 is 0 Å². The van der Waals surface area contributed by atoms with Crippen molar-refractivity contribution in [1.29, 1.82) is 0 Å². The largest absolute Gasteiger partial charge is 0.365 e. The number of alkyl halides is 2. The fourth-order valence-electron chi connectivity index (χ4n) is 4.02. The number of primary amides is 1. The highest BCUT2D eigenvalue weighted by Crippen LogP contribution is 2.37. The number of rotatable bonds is 6. The number of fused-ring (bicyclic) bond motifs is 1. The van der Waals surface area contributed by atoms with Gasteiger partial charge in [0.25, 0.3) is 12.3 Å². The molecular weight excluding hydrogens is 408 g/mol. The lowest BCUT2D eigenvalue weighted by atomic mass is 9.87. The van der Waals surface area contributed by atoms with Crippen molar-refractivity contribution in [1.82, 2.24) is 24.4 Å². The van der Waals surface area contributed by atoms with Gasteiger partial charge in [0, 0.05) is 32.4 Å². The highest BCUT2D eigenvalue weighted by atomic mass is 19.3. The van der Waals surface area contributed by atoms with E-state index in [1.165, 1.54) is 15.4 Å². The molecule has 0 unspecified atom stereocenters. The van der Waals surface area contributed by atoms with Crippen molar-refractivity contribution in [2.24, 2.45) is 11.7 Å². The number of aldehydes is 1. The zero-order valence-corrected chi connectivity index (χ0v) is 17.2. The maximum absolute atomic E-state index is 13.9. The van der Waals surface area contributed by atoms with Gasteiger partial charge in [0.05, 0.1) is 11.6 Å². The Labute approximate surface area is 176 Å². The van der Waals surface area contributed by atoms with Crippen molar-refractivity contribution < 1.29 is 18.4 Å². The predicted molar refractivity (Wildman–Crippen MR) is 109 cm³/mol. The second-order valence-electron chi connectivity index (χ2n) is 7.95. The molecule has 1 fully saturated rings. The zero-order chi connectivity index (χ0) is 22.3. The molecule has 1 aliphatic carbocycles. The number of carbonyl (C=O) groups excluding carboxylic acids is 2. The molecule has 1 amide bonds. The van der Waals surface area contributed by atoms with Crippen molar-refractivity contribution in [3.8, 4) is 11.3 Å². The van der Waals surface area contributed by atoms with Gasteiger partial charge in [-0.15, -0.1) is 0 Å². The number of halogens is 2. The van der Waals surface area contributed by atoms with Crippen LogP contribution in [0.15, 0.2) is 18.5 Å². The third-order valence-electron chi connectivity index (χ3n) is 5.71. The van der Waals surface area contributed by atoms with Gasteiger partial charge in [0.15, 0.2) is 5.65 Å². The average Bonchev–Trinajstić information content (AvgIpc) is 3.35. The summed E-state index contributed by atoms with van der Waals surface area (Å²) in [5, 5.41) is 8.46. The first-order valence-electron chi connectivity index (χ1n) is 9.99. The molecule has 4 rings (SSSR count). The maximum Gasteiger partial charge on any atom is 0.282 e. The predicted octanol–water partition coefficient (Wildman–Crippen LogP) is 2.63. The molecule has 164 valence electrons. The summed E-state index contributed by atoms with van der Waals surface area (Å²) < 4.78 is 30.6. The van der Waals surface area contributed by atoms with Crippen LogP contribution in [0.3, 0.4) is 0 Å². The summed E-state index contributed by atoms with van der Waals surface area (Å²) in [7, 11) is 3.58. The van der Waals surface area contributed by atoms with Crippen molar-refractivity contribution in [3.05, 3.63) is 29.7 Å². The maximum atomic E-state index is 13.9. The summed E-state index contributed by atoms with van der Waals surface area (Å²) in [6, 6.07) is 1.59. The van der Waals surface area contributed by atoms with E-state index in [9.17, 15) is 18.4 Å². The van der Waals surface area contributed by atoms with Crippen molar-refractivity contribution >= 4 is 23.7 Å². The Balaban J connectivity index is 1.83. The number of amides is 1. The molecular formula is C20H23F2N7O2. The Morgan fingerprint density at radius 2 is 1.97 bits per heavy atom. The van der Waals surface area contributed by atoms with Crippen LogP contribution in [-0.4, -0.2) is 50.7 Å². The summed E-state index contributed by atoms with van der Waals surface area (Å²) in [6.45, 7) is 0. The fraction of sp³-hybridized carbons (Fsp3) is 0.450. The summed E-state index contributed by atoms with van der Waals surface area (Å²) in [5.74, 6) is -0.247. The molecule has 0 radical (unpaired) electrons. The summed E-state index contributed by atoms with van der Waals surface area (Å²) in [4.78, 5) is 29.4. The average molecular weight is 431 g/mol. The summed E-state index contributed by atoms with van der Waals surface area (Å²) in [5.41, 5.74) is 5.38. The molecule has 3 heterocycles. The monoisotopic (exact) mass is 431 g/mol. The topological polar surface area (TPSA) is 111 Å². The van der Waals surface area contributed by atoms with Gasteiger partial charge in [0.1, 0.15) is 29.1 Å². The number of carbonyl (C=O) groups is 2. The molecule has 0 aliphatic heterocycles. The minimum Gasteiger partial charge on any atom is -0.365 e. The minimum atomic E-state index is -2.86. The number of hydrogen-bond acceptors (Lipinski definition) is 6. The zero-order valence-electron chi connectivity index (χ0n) is 17.2. The van der Waals surface area contributed by atoms with Crippen LogP contribution < -0.4 is 10.6 Å². The van der Waals surface area contributed by atoms with Gasteiger partial charge < -0.3 is 15.4 Å². The quantitative estimate of drug-likeness (QED) is 0.601. The van der Waals surface area contributed by atoms with Gasteiger partial charge in [-0.1, -0.05) is 0 Å². The van der Waals surface area contributed by atoms with E-state index < -0.39 is 18.0 Å². The molecule has 0 saturated heterocycles. The van der Waals surface area contributed by atoms with E-state index in [-0.39, 0.29) is 34.4 Å². The number of nitrogens with zero attached hydrogens (tertiary/aromatic N) is 6. The molecule has 9 nitrogen and oxygen atoms in total. The van der Waals surface area contributed by atoms with Crippen LogP contribution in [0.25, 0.3) is 16.9 Å². The van der Waals surface area contributed by atoms with Gasteiger partial charge >= 0.3 is 0 Å². The van der Waals surface area contributed by atoms with Gasteiger partial charge in [-0.3, -0.25) is 9.48 Å². The molecule has 0 aromatic carbocycles. The van der Waals surface area contributed by atoms with Crippen molar-refractivity contribution in [2.45, 2.75) is 38.2 Å². The van der Waals surface area contributed by atoms with E-state index in [0.29, 0.717) is 31.5 Å².